The van der Waals surface area contributed by atoms with Gasteiger partial charge < -0.3 is 0 Å². The van der Waals surface area contributed by atoms with Gasteiger partial charge in [0.25, 0.3) is 0 Å². The molecule has 0 bridgehead atoms. The van der Waals surface area contributed by atoms with Crippen molar-refractivity contribution in [2.75, 3.05) is 0 Å². The zero-order chi connectivity index (χ0) is 10.8. The zero-order valence-electron chi connectivity index (χ0n) is 7.51. The van der Waals surface area contributed by atoms with Gasteiger partial charge in [-0.2, -0.15) is 0 Å². The van der Waals surface area contributed by atoms with Crippen LogP contribution in [-0.4, -0.2) is 4.98 Å². The Hall–Kier alpha value is -1.00. The van der Waals surface area contributed by atoms with Crippen LogP contribution < -0.4 is 0 Å². The summed E-state index contributed by atoms with van der Waals surface area (Å²) in [6.07, 6.45) is 0. The summed E-state index contributed by atoms with van der Waals surface area (Å²) in [6, 6.07) is 3.43. The van der Waals surface area contributed by atoms with Crippen molar-refractivity contribution in [2.24, 2.45) is 0 Å². The van der Waals surface area contributed by atoms with Gasteiger partial charge in [0, 0.05) is 17.0 Å². The van der Waals surface area contributed by atoms with Crippen LogP contribution in [0.25, 0.3) is 10.6 Å². The lowest BCUT2D eigenvalue weighted by molar-refractivity contribution is 0.585. The van der Waals surface area contributed by atoms with E-state index in [4.69, 9.17) is 11.6 Å². The first-order chi connectivity index (χ1) is 7.20. The number of alkyl halides is 1. The molecule has 0 unspecified atom stereocenters. The number of thiazole rings is 1. The van der Waals surface area contributed by atoms with Crippen LogP contribution >= 0.6 is 22.9 Å². The van der Waals surface area contributed by atoms with Crippen molar-refractivity contribution < 1.29 is 8.78 Å². The Morgan fingerprint density at radius 2 is 2.13 bits per heavy atom. The van der Waals surface area contributed by atoms with Gasteiger partial charge in [0.05, 0.1) is 11.6 Å². The summed E-state index contributed by atoms with van der Waals surface area (Å²) in [4.78, 5) is 4.11. The summed E-state index contributed by atoms with van der Waals surface area (Å²) in [5.74, 6) is -0.907. The van der Waals surface area contributed by atoms with E-state index in [0.717, 1.165) is 6.07 Å². The number of halogens is 3. The van der Waals surface area contributed by atoms with E-state index in [9.17, 15) is 8.78 Å². The molecule has 2 rings (SSSR count). The minimum absolute atomic E-state index is 0.291. The topological polar surface area (TPSA) is 12.9 Å². The van der Waals surface area contributed by atoms with E-state index in [1.807, 2.05) is 0 Å². The third-order valence-electron chi connectivity index (χ3n) is 1.85. The fourth-order valence-electron chi connectivity index (χ4n) is 1.15. The summed E-state index contributed by atoms with van der Waals surface area (Å²) in [5, 5.41) is 2.27. The number of nitrogens with zero attached hydrogens (tertiary/aromatic N) is 1. The molecule has 0 amide bonds. The molecule has 15 heavy (non-hydrogen) atoms. The van der Waals surface area contributed by atoms with Crippen molar-refractivity contribution in [3.8, 4) is 10.6 Å². The van der Waals surface area contributed by atoms with E-state index in [0.29, 0.717) is 22.1 Å². The van der Waals surface area contributed by atoms with Gasteiger partial charge in [0.2, 0.25) is 0 Å². The van der Waals surface area contributed by atoms with Crippen LogP contribution in [-0.2, 0) is 5.88 Å². The molecule has 0 radical (unpaired) electrons. The van der Waals surface area contributed by atoms with Gasteiger partial charge in [-0.05, 0) is 12.1 Å². The second kappa shape index (κ2) is 4.24. The number of benzene rings is 1. The van der Waals surface area contributed by atoms with Crippen molar-refractivity contribution in [2.45, 2.75) is 5.88 Å². The van der Waals surface area contributed by atoms with Crippen molar-refractivity contribution in [1.29, 1.82) is 0 Å². The Labute approximate surface area is 94.3 Å². The molecular formula is C10H6ClF2NS. The molecule has 0 aliphatic heterocycles. The first-order valence-electron chi connectivity index (χ1n) is 4.16. The summed E-state index contributed by atoms with van der Waals surface area (Å²) in [5.41, 5.74) is 0.998. The highest BCUT2D eigenvalue weighted by molar-refractivity contribution is 7.13. The van der Waals surface area contributed by atoms with E-state index in [1.165, 1.54) is 23.5 Å². The second-order valence-corrected chi connectivity index (χ2v) is 4.03. The van der Waals surface area contributed by atoms with Gasteiger partial charge in [-0.15, -0.1) is 22.9 Å². The molecular weight excluding hydrogens is 240 g/mol. The SMILES string of the molecule is Fc1ccc(-c2nc(CCl)cs2)c(F)c1. The van der Waals surface area contributed by atoms with Crippen LogP contribution in [0.3, 0.4) is 0 Å². The van der Waals surface area contributed by atoms with Crippen LogP contribution in [0, 0.1) is 11.6 Å². The molecule has 0 spiro atoms. The average Bonchev–Trinajstić information content (AvgIpc) is 2.66. The minimum Gasteiger partial charge on any atom is -0.240 e. The molecule has 0 saturated heterocycles. The van der Waals surface area contributed by atoms with Gasteiger partial charge in [-0.3, -0.25) is 0 Å². The van der Waals surface area contributed by atoms with E-state index < -0.39 is 11.6 Å². The maximum absolute atomic E-state index is 13.3. The maximum Gasteiger partial charge on any atom is 0.136 e. The van der Waals surface area contributed by atoms with Crippen LogP contribution in [0.4, 0.5) is 8.78 Å². The van der Waals surface area contributed by atoms with Crippen LogP contribution in [0.15, 0.2) is 23.6 Å². The first-order valence-corrected chi connectivity index (χ1v) is 5.58. The molecule has 0 atom stereocenters. The molecule has 2 aromatic rings. The standard InChI is InChI=1S/C10H6ClF2NS/c11-4-7-5-15-10(14-7)8-2-1-6(12)3-9(8)13/h1-3,5H,4H2. The van der Waals surface area contributed by atoms with Crippen LogP contribution in [0.2, 0.25) is 0 Å². The lowest BCUT2D eigenvalue weighted by atomic mass is 10.2. The lowest BCUT2D eigenvalue weighted by Gasteiger charge is -1.98. The third kappa shape index (κ3) is 2.16. The summed E-state index contributed by atoms with van der Waals surface area (Å²) >= 11 is 6.87. The molecule has 0 aliphatic carbocycles. The van der Waals surface area contributed by atoms with Gasteiger partial charge in [0.1, 0.15) is 16.6 Å². The highest BCUT2D eigenvalue weighted by Crippen LogP contribution is 2.27. The highest BCUT2D eigenvalue weighted by atomic mass is 35.5. The molecule has 0 fully saturated rings. The molecule has 0 saturated carbocycles. The second-order valence-electron chi connectivity index (χ2n) is 2.90. The Balaban J connectivity index is 2.44. The zero-order valence-corrected chi connectivity index (χ0v) is 9.08. The van der Waals surface area contributed by atoms with Crippen LogP contribution in [0.1, 0.15) is 5.69 Å². The first kappa shape index (κ1) is 10.5. The molecule has 0 aliphatic rings. The third-order valence-corrected chi connectivity index (χ3v) is 3.05. The monoisotopic (exact) mass is 245 g/mol. The van der Waals surface area contributed by atoms with E-state index in [-0.39, 0.29) is 0 Å². The van der Waals surface area contributed by atoms with Crippen LogP contribution in [0.5, 0.6) is 0 Å². The fraction of sp³-hybridized carbons (Fsp3) is 0.100. The maximum atomic E-state index is 13.3. The Morgan fingerprint density at radius 1 is 1.33 bits per heavy atom. The fourth-order valence-corrected chi connectivity index (χ4v) is 2.23. The van der Waals surface area contributed by atoms with Gasteiger partial charge in [-0.25, -0.2) is 13.8 Å². The molecule has 1 aromatic heterocycles. The Kier molecular flexibility index (Phi) is 2.98. The van der Waals surface area contributed by atoms with Crippen molar-refractivity contribution in [3.05, 3.63) is 40.9 Å². The molecule has 1 nitrogen and oxygen atoms in total. The van der Waals surface area contributed by atoms with Gasteiger partial charge in [-0.1, -0.05) is 0 Å². The van der Waals surface area contributed by atoms with Gasteiger partial charge in [0.15, 0.2) is 0 Å². The molecule has 78 valence electrons. The Bertz CT molecular complexity index is 484. The predicted molar refractivity (Wildman–Crippen MR) is 57.0 cm³/mol. The highest BCUT2D eigenvalue weighted by Gasteiger charge is 2.10. The Morgan fingerprint density at radius 3 is 2.73 bits per heavy atom. The largest absolute Gasteiger partial charge is 0.240 e. The lowest BCUT2D eigenvalue weighted by Crippen LogP contribution is -1.86. The van der Waals surface area contributed by atoms with E-state index in [2.05, 4.69) is 4.98 Å². The van der Waals surface area contributed by atoms with Crippen molar-refractivity contribution in [1.82, 2.24) is 4.98 Å². The quantitative estimate of drug-likeness (QED) is 0.733. The van der Waals surface area contributed by atoms with Crippen molar-refractivity contribution >= 4 is 22.9 Å². The number of hydrogen-bond acceptors (Lipinski definition) is 2. The molecule has 1 aromatic carbocycles. The van der Waals surface area contributed by atoms with E-state index >= 15 is 0 Å². The van der Waals surface area contributed by atoms with Crippen molar-refractivity contribution in [3.63, 3.8) is 0 Å². The van der Waals surface area contributed by atoms with E-state index in [1.54, 1.807) is 5.38 Å². The predicted octanol–water partition coefficient (Wildman–Crippen LogP) is 3.83. The number of aromatic nitrogens is 1. The molecule has 1 heterocycles. The number of hydrogen-bond donors (Lipinski definition) is 0. The molecule has 0 N–H and O–H groups in total. The average molecular weight is 246 g/mol. The normalized spacial score (nSPS) is 10.6. The summed E-state index contributed by atoms with van der Waals surface area (Å²) < 4.78 is 26.0. The number of rotatable bonds is 2. The summed E-state index contributed by atoms with van der Waals surface area (Å²) in [7, 11) is 0. The summed E-state index contributed by atoms with van der Waals surface area (Å²) in [6.45, 7) is 0. The smallest absolute Gasteiger partial charge is 0.136 e. The minimum atomic E-state index is -0.606. The van der Waals surface area contributed by atoms with Gasteiger partial charge >= 0.3 is 0 Å². The molecule has 5 heteroatoms.